The number of anilines is 2. The van der Waals surface area contributed by atoms with E-state index in [-0.39, 0.29) is 5.69 Å². The molecule has 1 atom stereocenters. The average Bonchev–Trinajstić information content (AvgIpc) is 3.31. The smallest absolute Gasteiger partial charge is 0.336 e. The number of carboxylic acid groups (broad SMARTS) is 1. The highest BCUT2D eigenvalue weighted by atomic mass is 16.4. The predicted molar refractivity (Wildman–Crippen MR) is 119 cm³/mol. The van der Waals surface area contributed by atoms with Gasteiger partial charge in [0.1, 0.15) is 0 Å². The zero-order chi connectivity index (χ0) is 23.1. The minimum Gasteiger partial charge on any atom is -0.479 e. The first-order chi connectivity index (χ1) is 15.4. The molecule has 168 valence electrons. The molecular formula is C23H26N4O5. The Morgan fingerprint density at radius 3 is 2.34 bits per heavy atom. The predicted octanol–water partition coefficient (Wildman–Crippen LogP) is 2.23. The Morgan fingerprint density at radius 2 is 1.72 bits per heavy atom. The highest BCUT2D eigenvalue weighted by Gasteiger charge is 2.40. The van der Waals surface area contributed by atoms with Crippen LogP contribution in [-0.2, 0) is 14.4 Å². The summed E-state index contributed by atoms with van der Waals surface area (Å²) in [5, 5.41) is 14.9. The Morgan fingerprint density at radius 1 is 1.03 bits per heavy atom. The Balaban J connectivity index is 1.77. The van der Waals surface area contributed by atoms with Crippen LogP contribution in [0.1, 0.15) is 18.4 Å². The molecule has 1 aliphatic heterocycles. The number of nitrogens with zero attached hydrogens (tertiary/aromatic N) is 2. The van der Waals surface area contributed by atoms with Crippen molar-refractivity contribution in [3.8, 4) is 0 Å². The lowest BCUT2D eigenvalue weighted by atomic mass is 10.1. The number of aryl methyl sites for hydroxylation is 1. The van der Waals surface area contributed by atoms with Gasteiger partial charge in [-0.15, -0.1) is 0 Å². The third kappa shape index (κ3) is 5.63. The second kappa shape index (κ2) is 10.4. The van der Waals surface area contributed by atoms with Crippen LogP contribution in [0.15, 0.2) is 54.6 Å². The van der Waals surface area contributed by atoms with E-state index in [1.807, 2.05) is 13.0 Å². The van der Waals surface area contributed by atoms with E-state index < -0.39 is 36.4 Å². The summed E-state index contributed by atoms with van der Waals surface area (Å²) in [6, 6.07) is 12.9. The maximum atomic E-state index is 13.1. The molecule has 1 saturated heterocycles. The van der Waals surface area contributed by atoms with Crippen LogP contribution in [0.2, 0.25) is 0 Å². The highest BCUT2D eigenvalue weighted by Crippen LogP contribution is 2.20. The molecule has 3 N–H and O–H groups in total. The van der Waals surface area contributed by atoms with Crippen molar-refractivity contribution in [2.45, 2.75) is 25.8 Å². The lowest BCUT2D eigenvalue weighted by Gasteiger charge is -2.31. The summed E-state index contributed by atoms with van der Waals surface area (Å²) in [7, 11) is 0. The van der Waals surface area contributed by atoms with Gasteiger partial charge in [0.2, 0.25) is 11.9 Å². The van der Waals surface area contributed by atoms with Crippen LogP contribution < -0.4 is 15.5 Å². The molecule has 0 aromatic heterocycles. The fourth-order valence-electron chi connectivity index (χ4n) is 3.60. The summed E-state index contributed by atoms with van der Waals surface area (Å²) in [5.41, 5.74) is 1.78. The number of likely N-dealkylation sites (tertiary alicyclic amines) is 1. The van der Waals surface area contributed by atoms with E-state index >= 15 is 0 Å². The number of hydrogen-bond acceptors (Lipinski definition) is 4. The lowest BCUT2D eigenvalue weighted by Crippen LogP contribution is -2.56. The molecule has 0 bridgehead atoms. The quantitative estimate of drug-likeness (QED) is 0.573. The number of benzene rings is 2. The summed E-state index contributed by atoms with van der Waals surface area (Å²) in [6.45, 7) is 2.31. The highest BCUT2D eigenvalue weighted by molar-refractivity contribution is 6.12. The standard InChI is InChI=1S/C23H26N4O5/c1-16-8-7-9-17(14-16)25-23(32)24-15-19(28)27(18-10-3-2-4-11-18)20(22(30)31)21(29)26-12-5-6-13-26/h2-4,7-11,14,20H,5-6,12-13,15H2,1H3,(H,30,31)(H2,24,25,32)/t20-/m0/s1. The van der Waals surface area contributed by atoms with E-state index in [9.17, 15) is 24.3 Å². The second-order valence-corrected chi connectivity index (χ2v) is 7.55. The molecule has 9 heteroatoms. The largest absolute Gasteiger partial charge is 0.479 e. The fraction of sp³-hybridized carbons (Fsp3) is 0.304. The summed E-state index contributed by atoms with van der Waals surface area (Å²) in [5.74, 6) is -2.78. The molecule has 1 aliphatic rings. The number of aliphatic carboxylic acids is 1. The normalized spacial score (nSPS) is 13.8. The van der Waals surface area contributed by atoms with E-state index in [1.165, 1.54) is 4.90 Å². The maximum absolute atomic E-state index is 13.1. The molecule has 32 heavy (non-hydrogen) atoms. The molecule has 3 rings (SSSR count). The van der Waals surface area contributed by atoms with Gasteiger partial charge in [0.25, 0.3) is 5.91 Å². The van der Waals surface area contributed by atoms with Gasteiger partial charge < -0.3 is 20.6 Å². The van der Waals surface area contributed by atoms with Crippen molar-refractivity contribution < 1.29 is 24.3 Å². The topological polar surface area (TPSA) is 119 Å². The maximum Gasteiger partial charge on any atom is 0.336 e. The number of carboxylic acids is 1. The molecule has 4 amide bonds. The van der Waals surface area contributed by atoms with E-state index in [0.29, 0.717) is 18.8 Å². The molecule has 9 nitrogen and oxygen atoms in total. The third-order valence-electron chi connectivity index (χ3n) is 5.12. The van der Waals surface area contributed by atoms with E-state index in [4.69, 9.17) is 0 Å². The van der Waals surface area contributed by atoms with Crippen LogP contribution in [0.5, 0.6) is 0 Å². The summed E-state index contributed by atoms with van der Waals surface area (Å²) in [6.07, 6.45) is 1.58. The molecule has 0 spiro atoms. The average molecular weight is 438 g/mol. The minimum absolute atomic E-state index is 0.262. The van der Waals surface area contributed by atoms with E-state index in [0.717, 1.165) is 23.3 Å². The van der Waals surface area contributed by atoms with Gasteiger partial charge in [-0.25, -0.2) is 9.59 Å². The lowest BCUT2D eigenvalue weighted by molar-refractivity contribution is -0.147. The number of para-hydroxylation sites is 1. The molecule has 0 unspecified atom stereocenters. The summed E-state index contributed by atoms with van der Waals surface area (Å²) >= 11 is 0. The number of carbonyl (C=O) groups excluding carboxylic acids is 3. The minimum atomic E-state index is -1.72. The number of carbonyl (C=O) groups is 4. The van der Waals surface area contributed by atoms with Crippen LogP contribution >= 0.6 is 0 Å². The number of amides is 4. The number of hydrogen-bond donors (Lipinski definition) is 3. The van der Waals surface area contributed by atoms with Gasteiger partial charge in [-0.3, -0.25) is 14.5 Å². The first-order valence-electron chi connectivity index (χ1n) is 10.4. The van der Waals surface area contributed by atoms with Crippen molar-refractivity contribution in [3.05, 3.63) is 60.2 Å². The van der Waals surface area contributed by atoms with Gasteiger partial charge in [-0.2, -0.15) is 0 Å². The first-order valence-corrected chi connectivity index (χ1v) is 10.4. The van der Waals surface area contributed by atoms with E-state index in [2.05, 4.69) is 10.6 Å². The van der Waals surface area contributed by atoms with Crippen molar-refractivity contribution in [3.63, 3.8) is 0 Å². The zero-order valence-corrected chi connectivity index (χ0v) is 17.8. The first kappa shape index (κ1) is 22.8. The number of urea groups is 1. The van der Waals surface area contributed by atoms with Gasteiger partial charge in [-0.05, 0) is 49.6 Å². The van der Waals surface area contributed by atoms with Crippen molar-refractivity contribution in [2.24, 2.45) is 0 Å². The number of rotatable bonds is 7. The van der Waals surface area contributed by atoms with Crippen molar-refractivity contribution >= 4 is 35.2 Å². The Labute approximate surface area is 186 Å². The van der Waals surface area contributed by atoms with Crippen LogP contribution in [0.3, 0.4) is 0 Å². The van der Waals surface area contributed by atoms with Crippen molar-refractivity contribution in [2.75, 3.05) is 29.9 Å². The fourth-order valence-corrected chi connectivity index (χ4v) is 3.60. The van der Waals surface area contributed by atoms with Gasteiger partial charge in [0.15, 0.2) is 0 Å². The van der Waals surface area contributed by atoms with Crippen LogP contribution in [0, 0.1) is 6.92 Å². The Kier molecular flexibility index (Phi) is 7.43. The molecule has 2 aromatic carbocycles. The van der Waals surface area contributed by atoms with Gasteiger partial charge in [0, 0.05) is 24.5 Å². The van der Waals surface area contributed by atoms with Gasteiger partial charge in [-0.1, -0.05) is 30.3 Å². The monoisotopic (exact) mass is 438 g/mol. The Bertz CT molecular complexity index is 989. The summed E-state index contributed by atoms with van der Waals surface area (Å²) in [4.78, 5) is 52.8. The second-order valence-electron chi connectivity index (χ2n) is 7.55. The van der Waals surface area contributed by atoms with Crippen molar-refractivity contribution in [1.82, 2.24) is 10.2 Å². The zero-order valence-electron chi connectivity index (χ0n) is 17.8. The molecular weight excluding hydrogens is 412 g/mol. The van der Waals surface area contributed by atoms with E-state index in [1.54, 1.807) is 48.5 Å². The SMILES string of the molecule is Cc1cccc(NC(=O)NCC(=O)N(c2ccccc2)[C@H](C(=O)O)C(=O)N2CCCC2)c1. The molecule has 1 heterocycles. The molecule has 0 radical (unpaired) electrons. The van der Waals surface area contributed by atoms with Gasteiger partial charge >= 0.3 is 12.0 Å². The molecule has 0 aliphatic carbocycles. The van der Waals surface area contributed by atoms with Crippen LogP contribution in [0.4, 0.5) is 16.2 Å². The molecule has 0 saturated carbocycles. The number of nitrogens with one attached hydrogen (secondary N) is 2. The Hall–Kier alpha value is -3.88. The van der Waals surface area contributed by atoms with Gasteiger partial charge in [0.05, 0.1) is 6.54 Å². The molecule has 1 fully saturated rings. The molecule has 2 aromatic rings. The van der Waals surface area contributed by atoms with Crippen LogP contribution in [0.25, 0.3) is 0 Å². The van der Waals surface area contributed by atoms with Crippen LogP contribution in [-0.4, -0.2) is 59.5 Å². The third-order valence-corrected chi connectivity index (χ3v) is 5.12. The summed E-state index contributed by atoms with van der Waals surface area (Å²) < 4.78 is 0. The van der Waals surface area contributed by atoms with Crippen molar-refractivity contribution in [1.29, 1.82) is 0 Å².